The van der Waals surface area contributed by atoms with Crippen molar-refractivity contribution in [1.82, 2.24) is 10.0 Å². The van der Waals surface area contributed by atoms with Crippen molar-refractivity contribution >= 4 is 10.0 Å². The molecule has 2 aromatic carbocycles. The molecule has 2 aromatic rings. The number of rotatable bonds is 6. The first-order valence-corrected chi connectivity index (χ1v) is 8.52. The summed E-state index contributed by atoms with van der Waals surface area (Å²) in [5.74, 6) is -1.29. The fourth-order valence-electron chi connectivity index (χ4n) is 2.23. The first-order chi connectivity index (χ1) is 10.8. The Balaban J connectivity index is 2.18. The number of sulfonamides is 1. The molecule has 0 fully saturated rings. The summed E-state index contributed by atoms with van der Waals surface area (Å²) in [6.45, 7) is 2.00. The van der Waals surface area contributed by atoms with Crippen LogP contribution in [0.5, 0.6) is 0 Å². The molecule has 0 amide bonds. The van der Waals surface area contributed by atoms with Gasteiger partial charge in [0.2, 0.25) is 10.0 Å². The van der Waals surface area contributed by atoms with Crippen molar-refractivity contribution in [1.29, 1.82) is 0 Å². The maximum Gasteiger partial charge on any atom is 0.240 e. The van der Waals surface area contributed by atoms with Crippen molar-refractivity contribution in [3.63, 3.8) is 0 Å². The molecule has 4 nitrogen and oxygen atoms in total. The lowest BCUT2D eigenvalue weighted by Crippen LogP contribution is -2.23. The number of halogens is 2. The van der Waals surface area contributed by atoms with Gasteiger partial charge < -0.3 is 5.32 Å². The number of nitrogens with one attached hydrogen (secondary N) is 2. The van der Waals surface area contributed by atoms with Crippen LogP contribution in [0.2, 0.25) is 0 Å². The Morgan fingerprint density at radius 2 is 1.70 bits per heavy atom. The molecular formula is C16H18F2N2O2S. The molecule has 7 heteroatoms. The van der Waals surface area contributed by atoms with Crippen LogP contribution in [0.3, 0.4) is 0 Å². The van der Waals surface area contributed by atoms with Gasteiger partial charge in [-0.05, 0) is 43.3 Å². The van der Waals surface area contributed by atoms with Crippen LogP contribution >= 0.6 is 0 Å². The van der Waals surface area contributed by atoms with Crippen LogP contribution in [-0.4, -0.2) is 15.5 Å². The molecule has 124 valence electrons. The summed E-state index contributed by atoms with van der Waals surface area (Å²) in [5, 5.41) is 3.08. The largest absolute Gasteiger partial charge is 0.306 e. The van der Waals surface area contributed by atoms with Gasteiger partial charge in [-0.15, -0.1) is 0 Å². The van der Waals surface area contributed by atoms with Crippen molar-refractivity contribution in [3.05, 3.63) is 65.2 Å². The fraction of sp³-hybridized carbons (Fsp3) is 0.250. The van der Waals surface area contributed by atoms with Gasteiger partial charge in [-0.1, -0.05) is 18.2 Å². The van der Waals surface area contributed by atoms with E-state index in [1.807, 2.05) is 0 Å². The van der Waals surface area contributed by atoms with Gasteiger partial charge in [0, 0.05) is 18.7 Å². The monoisotopic (exact) mass is 340 g/mol. The number of hydrogen-bond donors (Lipinski definition) is 2. The third-order valence-electron chi connectivity index (χ3n) is 3.51. The van der Waals surface area contributed by atoms with E-state index < -0.39 is 21.7 Å². The third kappa shape index (κ3) is 4.34. The molecule has 0 heterocycles. The van der Waals surface area contributed by atoms with E-state index in [1.54, 1.807) is 25.1 Å². The molecule has 0 aromatic heterocycles. The standard InChI is InChI=1S/C16H18F2N2O2S/c1-11(13-7-14(17)9-15(18)8-13)20-10-12-5-3-4-6-16(12)23(21,22)19-2/h3-9,11,19-20H,10H2,1-2H3/t11-/m1/s1. The molecule has 0 aliphatic rings. The van der Waals surface area contributed by atoms with Gasteiger partial charge in [0.05, 0.1) is 4.90 Å². The molecule has 0 radical (unpaired) electrons. The van der Waals surface area contributed by atoms with E-state index in [-0.39, 0.29) is 17.5 Å². The highest BCUT2D eigenvalue weighted by Crippen LogP contribution is 2.19. The van der Waals surface area contributed by atoms with Crippen molar-refractivity contribution in [2.24, 2.45) is 0 Å². The molecule has 23 heavy (non-hydrogen) atoms. The quantitative estimate of drug-likeness (QED) is 0.850. The SMILES string of the molecule is CNS(=O)(=O)c1ccccc1CN[C@H](C)c1cc(F)cc(F)c1. The minimum Gasteiger partial charge on any atom is -0.306 e. The van der Waals surface area contributed by atoms with E-state index in [1.165, 1.54) is 25.2 Å². The Morgan fingerprint density at radius 1 is 1.09 bits per heavy atom. The van der Waals surface area contributed by atoms with E-state index in [4.69, 9.17) is 0 Å². The van der Waals surface area contributed by atoms with Crippen LogP contribution in [0.25, 0.3) is 0 Å². The second-order valence-corrected chi connectivity index (χ2v) is 6.98. The minimum absolute atomic E-state index is 0.174. The fourth-order valence-corrected chi connectivity index (χ4v) is 3.19. The molecule has 0 bridgehead atoms. The number of benzene rings is 2. The van der Waals surface area contributed by atoms with Gasteiger partial charge in [-0.3, -0.25) is 0 Å². The molecule has 1 atom stereocenters. The van der Waals surface area contributed by atoms with E-state index in [0.29, 0.717) is 11.1 Å². The van der Waals surface area contributed by atoms with Crippen molar-refractivity contribution in [2.75, 3.05) is 7.05 Å². The topological polar surface area (TPSA) is 58.2 Å². The van der Waals surface area contributed by atoms with Gasteiger partial charge >= 0.3 is 0 Å². The van der Waals surface area contributed by atoms with Crippen LogP contribution in [0.1, 0.15) is 24.1 Å². The Bertz CT molecular complexity index is 774. The van der Waals surface area contributed by atoms with Crippen molar-refractivity contribution < 1.29 is 17.2 Å². The summed E-state index contributed by atoms with van der Waals surface area (Å²) in [5.41, 5.74) is 1.03. The first-order valence-electron chi connectivity index (χ1n) is 7.04. The predicted octanol–water partition coefficient (Wildman–Crippen LogP) is 2.72. The summed E-state index contributed by atoms with van der Waals surface area (Å²) in [6.07, 6.45) is 0. The summed E-state index contributed by atoms with van der Waals surface area (Å²) in [4.78, 5) is 0.174. The molecule has 0 spiro atoms. The zero-order chi connectivity index (χ0) is 17.0. The van der Waals surface area contributed by atoms with Gasteiger partial charge in [-0.2, -0.15) is 0 Å². The third-order valence-corrected chi connectivity index (χ3v) is 5.03. The average Bonchev–Trinajstić information content (AvgIpc) is 2.52. The molecule has 0 saturated carbocycles. The molecule has 0 aliphatic carbocycles. The average molecular weight is 340 g/mol. The predicted molar refractivity (Wildman–Crippen MR) is 84.3 cm³/mol. The van der Waals surface area contributed by atoms with Gasteiger partial charge in [0.25, 0.3) is 0 Å². The molecule has 2 rings (SSSR count). The lowest BCUT2D eigenvalue weighted by molar-refractivity contribution is 0.542. The number of hydrogen-bond acceptors (Lipinski definition) is 3. The van der Waals surface area contributed by atoms with Gasteiger partial charge in [0.1, 0.15) is 11.6 Å². The van der Waals surface area contributed by atoms with E-state index in [9.17, 15) is 17.2 Å². The van der Waals surface area contributed by atoms with Gasteiger partial charge in [0.15, 0.2) is 0 Å². The Kier molecular flexibility index (Phi) is 5.46. The highest BCUT2D eigenvalue weighted by Gasteiger charge is 2.16. The zero-order valence-corrected chi connectivity index (χ0v) is 13.6. The second kappa shape index (κ2) is 7.16. The van der Waals surface area contributed by atoms with Crippen LogP contribution in [0.4, 0.5) is 8.78 Å². The lowest BCUT2D eigenvalue weighted by Gasteiger charge is -2.16. The normalized spacial score (nSPS) is 13.0. The molecule has 0 aliphatic heterocycles. The molecule has 2 N–H and O–H groups in total. The maximum absolute atomic E-state index is 13.3. The Labute approximate surface area is 134 Å². The summed E-state index contributed by atoms with van der Waals surface area (Å²) in [6, 6.07) is 9.53. The maximum atomic E-state index is 13.3. The highest BCUT2D eigenvalue weighted by molar-refractivity contribution is 7.89. The van der Waals surface area contributed by atoms with Crippen LogP contribution in [-0.2, 0) is 16.6 Å². The van der Waals surface area contributed by atoms with Crippen LogP contribution in [0, 0.1) is 11.6 Å². The summed E-state index contributed by atoms with van der Waals surface area (Å²) in [7, 11) is -2.22. The van der Waals surface area contributed by atoms with Crippen molar-refractivity contribution in [2.45, 2.75) is 24.4 Å². The van der Waals surface area contributed by atoms with Gasteiger partial charge in [-0.25, -0.2) is 21.9 Å². The Morgan fingerprint density at radius 3 is 2.30 bits per heavy atom. The summed E-state index contributed by atoms with van der Waals surface area (Å²) < 4.78 is 52.8. The zero-order valence-electron chi connectivity index (χ0n) is 12.8. The molecule has 0 saturated heterocycles. The van der Waals surface area contributed by atoms with E-state index in [2.05, 4.69) is 10.0 Å². The minimum atomic E-state index is -3.56. The van der Waals surface area contributed by atoms with E-state index in [0.717, 1.165) is 6.07 Å². The smallest absolute Gasteiger partial charge is 0.240 e. The first kappa shape index (κ1) is 17.5. The highest BCUT2D eigenvalue weighted by atomic mass is 32.2. The molecular weight excluding hydrogens is 322 g/mol. The van der Waals surface area contributed by atoms with Crippen LogP contribution in [0.15, 0.2) is 47.4 Å². The Hall–Kier alpha value is -1.83. The molecule has 0 unspecified atom stereocenters. The summed E-state index contributed by atoms with van der Waals surface area (Å²) >= 11 is 0. The van der Waals surface area contributed by atoms with E-state index >= 15 is 0 Å². The van der Waals surface area contributed by atoms with Crippen LogP contribution < -0.4 is 10.0 Å². The lowest BCUT2D eigenvalue weighted by atomic mass is 10.1. The second-order valence-electron chi connectivity index (χ2n) is 5.12. The van der Waals surface area contributed by atoms with Crippen molar-refractivity contribution in [3.8, 4) is 0 Å².